The van der Waals surface area contributed by atoms with Gasteiger partial charge in [-0.05, 0) is 6.42 Å². The van der Waals surface area contributed by atoms with Crippen LogP contribution in [-0.2, 0) is 9.59 Å². The van der Waals surface area contributed by atoms with Crippen LogP contribution in [0.5, 0.6) is 0 Å². The first kappa shape index (κ1) is 20.4. The van der Waals surface area contributed by atoms with Gasteiger partial charge in [-0.15, -0.1) is 0 Å². The molecular weight excluding hydrogens is 332 g/mol. The van der Waals surface area contributed by atoms with Gasteiger partial charge in [0.2, 0.25) is 11.8 Å². The van der Waals surface area contributed by atoms with E-state index in [1.54, 1.807) is 0 Å². The van der Waals surface area contributed by atoms with Crippen molar-refractivity contribution in [3.05, 3.63) is 0 Å². The molecule has 0 saturated carbocycles. The topological polar surface area (TPSA) is 72.2 Å². The molecule has 124 valence electrons. The first-order valence-electron chi connectivity index (χ1n) is 8.28. The maximum absolute atomic E-state index is 11.6. The second-order valence-corrected chi connectivity index (χ2v) is 6.73. The van der Waals surface area contributed by atoms with E-state index in [1.165, 1.54) is 57.8 Å². The van der Waals surface area contributed by atoms with E-state index < -0.39 is 5.91 Å². The summed E-state index contributed by atoms with van der Waals surface area (Å²) in [5.74, 6) is -0.660. The van der Waals surface area contributed by atoms with Gasteiger partial charge >= 0.3 is 0 Å². The van der Waals surface area contributed by atoms with Crippen molar-refractivity contribution < 1.29 is 9.59 Å². The Balaban J connectivity index is 3.33. The molecule has 0 aliphatic heterocycles. The molecule has 5 heteroatoms. The summed E-state index contributed by atoms with van der Waals surface area (Å²) >= 11 is 3.35. The van der Waals surface area contributed by atoms with Crippen molar-refractivity contribution in [3.63, 3.8) is 0 Å². The third kappa shape index (κ3) is 14.1. The molecule has 0 spiro atoms. The Morgan fingerprint density at radius 3 is 1.90 bits per heavy atom. The third-order valence-corrected chi connectivity index (χ3v) is 4.41. The van der Waals surface area contributed by atoms with Gasteiger partial charge in [-0.2, -0.15) is 0 Å². The highest BCUT2D eigenvalue weighted by molar-refractivity contribution is 9.10. The lowest BCUT2D eigenvalue weighted by atomic mass is 10.1. The summed E-state index contributed by atoms with van der Waals surface area (Å²) < 4.78 is 0. The summed E-state index contributed by atoms with van der Waals surface area (Å²) in [5.41, 5.74) is 4.98. The van der Waals surface area contributed by atoms with Gasteiger partial charge in [0.05, 0.1) is 11.4 Å². The van der Waals surface area contributed by atoms with Crippen LogP contribution in [0.1, 0.15) is 77.6 Å². The average Bonchev–Trinajstić information content (AvgIpc) is 2.46. The number of unbranched alkanes of at least 4 members (excludes halogenated alkanes) is 9. The molecule has 21 heavy (non-hydrogen) atoms. The van der Waals surface area contributed by atoms with Crippen LogP contribution >= 0.6 is 15.9 Å². The van der Waals surface area contributed by atoms with Crippen molar-refractivity contribution in [1.82, 2.24) is 5.32 Å². The second kappa shape index (κ2) is 14.4. The number of carbonyl (C=O) groups excluding carboxylic acids is 2. The van der Waals surface area contributed by atoms with E-state index in [4.69, 9.17) is 5.73 Å². The lowest BCUT2D eigenvalue weighted by Crippen LogP contribution is -2.37. The van der Waals surface area contributed by atoms with E-state index in [0.29, 0.717) is 0 Å². The summed E-state index contributed by atoms with van der Waals surface area (Å²) in [6.45, 7) is 2.16. The van der Waals surface area contributed by atoms with Gasteiger partial charge in [-0.3, -0.25) is 9.59 Å². The van der Waals surface area contributed by atoms with Crippen LogP contribution in [0.15, 0.2) is 0 Å². The van der Waals surface area contributed by atoms with Gasteiger partial charge in [0.15, 0.2) is 0 Å². The maximum Gasteiger partial charge on any atom is 0.236 e. The van der Waals surface area contributed by atoms with Crippen LogP contribution in [0.4, 0.5) is 0 Å². The first-order valence-corrected chi connectivity index (χ1v) is 9.19. The Morgan fingerprint density at radius 1 is 0.952 bits per heavy atom. The predicted molar refractivity (Wildman–Crippen MR) is 91.4 cm³/mol. The predicted octanol–water partition coefficient (Wildman–Crippen LogP) is 3.66. The zero-order valence-corrected chi connectivity index (χ0v) is 14.9. The molecule has 0 aliphatic carbocycles. The zero-order valence-electron chi connectivity index (χ0n) is 13.3. The van der Waals surface area contributed by atoms with Gasteiger partial charge < -0.3 is 11.1 Å². The monoisotopic (exact) mass is 362 g/mol. The minimum atomic E-state index is -0.512. The van der Waals surface area contributed by atoms with E-state index in [2.05, 4.69) is 28.2 Å². The van der Waals surface area contributed by atoms with E-state index in [-0.39, 0.29) is 17.3 Å². The van der Waals surface area contributed by atoms with Crippen molar-refractivity contribution in [2.45, 2.75) is 82.4 Å². The molecule has 1 atom stereocenters. The fourth-order valence-electron chi connectivity index (χ4n) is 2.23. The van der Waals surface area contributed by atoms with Crippen molar-refractivity contribution in [3.8, 4) is 0 Å². The number of amides is 2. The third-order valence-electron chi connectivity index (χ3n) is 3.53. The summed E-state index contributed by atoms with van der Waals surface area (Å²) in [6.07, 6.45) is 13.7. The standard InChI is InChI=1S/C16H31BrN2O2/c1-2-3-4-5-6-7-8-9-10-11-12-14(17)16(21)19-13-15(18)20/h14H,2-13H2,1H3,(H2,18,20)(H,19,21)/t14-/m1/s1. The number of carbonyl (C=O) groups is 2. The van der Waals surface area contributed by atoms with E-state index in [9.17, 15) is 9.59 Å². The highest BCUT2D eigenvalue weighted by Crippen LogP contribution is 2.14. The molecular formula is C16H31BrN2O2. The average molecular weight is 363 g/mol. The normalized spacial score (nSPS) is 12.1. The molecule has 0 unspecified atom stereocenters. The molecule has 0 saturated heterocycles. The molecule has 0 rings (SSSR count). The fraction of sp³-hybridized carbons (Fsp3) is 0.875. The lowest BCUT2D eigenvalue weighted by Gasteiger charge is -2.09. The molecule has 0 fully saturated rings. The summed E-state index contributed by atoms with van der Waals surface area (Å²) in [5, 5.41) is 2.51. The summed E-state index contributed by atoms with van der Waals surface area (Å²) in [4.78, 5) is 21.9. The van der Waals surface area contributed by atoms with E-state index >= 15 is 0 Å². The molecule has 4 nitrogen and oxygen atoms in total. The maximum atomic E-state index is 11.6. The van der Waals surface area contributed by atoms with E-state index in [1.807, 2.05) is 0 Å². The first-order chi connectivity index (χ1) is 10.1. The number of hydrogen-bond acceptors (Lipinski definition) is 2. The SMILES string of the molecule is CCCCCCCCCCCC[C@@H](Br)C(=O)NCC(N)=O. The summed E-state index contributed by atoms with van der Waals surface area (Å²) in [7, 11) is 0. The zero-order chi connectivity index (χ0) is 15.9. The van der Waals surface area contributed by atoms with Gasteiger partial charge in [-0.1, -0.05) is 87.1 Å². The quantitative estimate of drug-likeness (QED) is 0.365. The number of nitrogens with one attached hydrogen (secondary N) is 1. The smallest absolute Gasteiger partial charge is 0.236 e. The highest BCUT2D eigenvalue weighted by Gasteiger charge is 2.14. The van der Waals surface area contributed by atoms with Gasteiger partial charge in [0.25, 0.3) is 0 Å². The number of halogens is 1. The van der Waals surface area contributed by atoms with Crippen molar-refractivity contribution >= 4 is 27.7 Å². The fourth-order valence-corrected chi connectivity index (χ4v) is 2.71. The number of alkyl halides is 1. The molecule has 0 aliphatic rings. The van der Waals surface area contributed by atoms with Crippen LogP contribution < -0.4 is 11.1 Å². The van der Waals surface area contributed by atoms with Crippen LogP contribution in [0.25, 0.3) is 0 Å². The van der Waals surface area contributed by atoms with Gasteiger partial charge in [-0.25, -0.2) is 0 Å². The molecule has 0 aromatic carbocycles. The van der Waals surface area contributed by atoms with Gasteiger partial charge in [0, 0.05) is 0 Å². The molecule has 3 N–H and O–H groups in total. The van der Waals surface area contributed by atoms with Crippen molar-refractivity contribution in [2.75, 3.05) is 6.54 Å². The highest BCUT2D eigenvalue weighted by atomic mass is 79.9. The minimum Gasteiger partial charge on any atom is -0.368 e. The summed E-state index contributed by atoms with van der Waals surface area (Å²) in [6, 6.07) is 0. The lowest BCUT2D eigenvalue weighted by molar-refractivity contribution is -0.124. The van der Waals surface area contributed by atoms with Crippen LogP contribution in [0.3, 0.4) is 0 Å². The second-order valence-electron chi connectivity index (χ2n) is 5.62. The van der Waals surface area contributed by atoms with Crippen molar-refractivity contribution in [1.29, 1.82) is 0 Å². The molecule has 2 amide bonds. The Morgan fingerprint density at radius 2 is 1.43 bits per heavy atom. The van der Waals surface area contributed by atoms with Crippen LogP contribution in [0.2, 0.25) is 0 Å². The molecule has 0 radical (unpaired) electrons. The van der Waals surface area contributed by atoms with Crippen molar-refractivity contribution in [2.24, 2.45) is 5.73 Å². The molecule has 0 aromatic heterocycles. The van der Waals surface area contributed by atoms with E-state index in [0.717, 1.165) is 12.8 Å². The number of hydrogen-bond donors (Lipinski definition) is 2. The number of primary amides is 1. The van der Waals surface area contributed by atoms with Crippen LogP contribution in [-0.4, -0.2) is 23.2 Å². The Hall–Kier alpha value is -0.580. The largest absolute Gasteiger partial charge is 0.368 e. The molecule has 0 heterocycles. The van der Waals surface area contributed by atoms with Gasteiger partial charge in [0.1, 0.15) is 0 Å². The Kier molecular flexibility index (Phi) is 14.0. The number of nitrogens with two attached hydrogens (primary N) is 1. The number of rotatable bonds is 14. The van der Waals surface area contributed by atoms with Crippen LogP contribution in [0, 0.1) is 0 Å². The Labute approximate surface area is 137 Å². The Bertz CT molecular complexity index is 285. The molecule has 0 aromatic rings. The minimum absolute atomic E-state index is 0.0844. The molecule has 0 bridgehead atoms.